The van der Waals surface area contributed by atoms with Gasteiger partial charge >= 0.3 is 0 Å². The first-order valence-electron chi connectivity index (χ1n) is 8.40. The lowest BCUT2D eigenvalue weighted by atomic mass is 10.1. The summed E-state index contributed by atoms with van der Waals surface area (Å²) in [6, 6.07) is 12.6. The molecule has 3 heterocycles. The SMILES string of the molecule is CCS(=O)(=O)c1ccc(-c2cc3c(Nc4ccncc4)ncnn3c2)cc1. The Morgan fingerprint density at radius 3 is 2.48 bits per heavy atom. The fraction of sp³-hybridized carbons (Fsp3) is 0.105. The van der Waals surface area contributed by atoms with Crippen LogP contribution in [0.2, 0.25) is 0 Å². The first-order chi connectivity index (χ1) is 13.1. The van der Waals surface area contributed by atoms with E-state index in [1.54, 1.807) is 48.1 Å². The number of pyridine rings is 1. The van der Waals surface area contributed by atoms with Crippen molar-refractivity contribution >= 4 is 26.9 Å². The molecule has 0 atom stereocenters. The van der Waals surface area contributed by atoms with Crippen LogP contribution in [-0.4, -0.2) is 33.8 Å². The van der Waals surface area contributed by atoms with Gasteiger partial charge in [-0.25, -0.2) is 17.9 Å². The highest BCUT2D eigenvalue weighted by Gasteiger charge is 2.13. The highest BCUT2D eigenvalue weighted by molar-refractivity contribution is 7.91. The standard InChI is InChI=1S/C19H17N5O2S/c1-2-27(25,26)17-5-3-14(4-6-17)15-11-18-19(21-13-22-24(18)12-15)23-16-7-9-20-10-8-16/h3-13H,2H2,1H3,(H,20,21,22,23). The number of sulfone groups is 1. The van der Waals surface area contributed by atoms with Crippen LogP contribution in [0, 0.1) is 0 Å². The molecule has 0 radical (unpaired) electrons. The van der Waals surface area contributed by atoms with E-state index < -0.39 is 9.84 Å². The quantitative estimate of drug-likeness (QED) is 0.572. The number of nitrogens with zero attached hydrogens (tertiary/aromatic N) is 4. The summed E-state index contributed by atoms with van der Waals surface area (Å²) in [5.74, 6) is 0.759. The van der Waals surface area contributed by atoms with E-state index in [2.05, 4.69) is 20.4 Å². The molecular formula is C19H17N5O2S. The fourth-order valence-electron chi connectivity index (χ4n) is 2.78. The molecule has 4 rings (SSSR count). The average molecular weight is 379 g/mol. The number of anilines is 2. The summed E-state index contributed by atoms with van der Waals surface area (Å²) in [4.78, 5) is 8.66. The lowest BCUT2D eigenvalue weighted by Crippen LogP contribution is -2.02. The van der Waals surface area contributed by atoms with Crippen LogP contribution in [0.25, 0.3) is 16.6 Å². The van der Waals surface area contributed by atoms with Gasteiger partial charge in [0.25, 0.3) is 0 Å². The molecule has 4 aromatic rings. The van der Waals surface area contributed by atoms with Crippen LogP contribution < -0.4 is 5.32 Å². The third-order valence-corrected chi connectivity index (χ3v) is 6.03. The van der Waals surface area contributed by atoms with Gasteiger partial charge in [-0.2, -0.15) is 5.10 Å². The van der Waals surface area contributed by atoms with Crippen molar-refractivity contribution in [3.05, 3.63) is 67.4 Å². The van der Waals surface area contributed by atoms with Crippen molar-refractivity contribution < 1.29 is 8.42 Å². The molecule has 1 N–H and O–H groups in total. The Kier molecular flexibility index (Phi) is 4.33. The molecule has 136 valence electrons. The highest BCUT2D eigenvalue weighted by Crippen LogP contribution is 2.27. The summed E-state index contributed by atoms with van der Waals surface area (Å²) in [6.45, 7) is 1.64. The molecule has 0 spiro atoms. The maximum Gasteiger partial charge on any atom is 0.178 e. The molecule has 0 amide bonds. The molecular weight excluding hydrogens is 362 g/mol. The number of rotatable bonds is 5. The molecule has 8 heteroatoms. The zero-order chi connectivity index (χ0) is 18.9. The number of benzene rings is 1. The fourth-order valence-corrected chi connectivity index (χ4v) is 3.66. The minimum absolute atomic E-state index is 0.0854. The predicted octanol–water partition coefficient (Wildman–Crippen LogP) is 3.33. The van der Waals surface area contributed by atoms with Gasteiger partial charge in [-0.3, -0.25) is 4.98 Å². The Morgan fingerprint density at radius 1 is 1.04 bits per heavy atom. The van der Waals surface area contributed by atoms with E-state index in [0.717, 1.165) is 22.3 Å². The zero-order valence-electron chi connectivity index (χ0n) is 14.6. The molecule has 0 fully saturated rings. The van der Waals surface area contributed by atoms with Gasteiger partial charge < -0.3 is 5.32 Å². The maximum absolute atomic E-state index is 12.0. The average Bonchev–Trinajstić information content (AvgIpc) is 3.14. The number of hydrogen-bond acceptors (Lipinski definition) is 6. The number of hydrogen-bond donors (Lipinski definition) is 1. The van der Waals surface area contributed by atoms with Gasteiger partial charge in [0.2, 0.25) is 0 Å². The van der Waals surface area contributed by atoms with E-state index >= 15 is 0 Å². The Morgan fingerprint density at radius 2 is 1.78 bits per heavy atom. The van der Waals surface area contributed by atoms with Crippen LogP contribution in [-0.2, 0) is 9.84 Å². The van der Waals surface area contributed by atoms with E-state index in [9.17, 15) is 8.42 Å². The van der Waals surface area contributed by atoms with Gasteiger partial charge in [-0.15, -0.1) is 0 Å². The minimum Gasteiger partial charge on any atom is -0.338 e. The molecule has 0 aliphatic carbocycles. The summed E-state index contributed by atoms with van der Waals surface area (Å²) in [5.41, 5.74) is 3.52. The van der Waals surface area contributed by atoms with Gasteiger partial charge in [0, 0.05) is 29.8 Å². The zero-order valence-corrected chi connectivity index (χ0v) is 15.4. The number of aromatic nitrogens is 4. The topological polar surface area (TPSA) is 89.2 Å². The summed E-state index contributed by atoms with van der Waals surface area (Å²) in [6.07, 6.45) is 6.78. The van der Waals surface area contributed by atoms with Gasteiger partial charge in [-0.05, 0) is 35.9 Å². The molecule has 0 unspecified atom stereocenters. The Bertz CT molecular complexity index is 1190. The van der Waals surface area contributed by atoms with Crippen molar-refractivity contribution in [2.75, 3.05) is 11.1 Å². The molecule has 0 saturated carbocycles. The van der Waals surface area contributed by atoms with Crippen LogP contribution in [0.3, 0.4) is 0 Å². The first kappa shape index (κ1) is 17.2. The molecule has 0 saturated heterocycles. The van der Waals surface area contributed by atoms with Crippen LogP contribution >= 0.6 is 0 Å². The molecule has 0 bridgehead atoms. The third kappa shape index (κ3) is 3.39. The Balaban J connectivity index is 1.71. The molecule has 27 heavy (non-hydrogen) atoms. The van der Waals surface area contributed by atoms with Crippen LogP contribution in [0.5, 0.6) is 0 Å². The smallest absolute Gasteiger partial charge is 0.178 e. The molecule has 1 aromatic carbocycles. The second kappa shape index (κ2) is 6.81. The van der Waals surface area contributed by atoms with Crippen LogP contribution in [0.1, 0.15) is 6.92 Å². The lowest BCUT2D eigenvalue weighted by molar-refractivity contribution is 0.597. The van der Waals surface area contributed by atoms with Crippen molar-refractivity contribution in [3.63, 3.8) is 0 Å². The van der Waals surface area contributed by atoms with E-state index in [0.29, 0.717) is 10.7 Å². The van der Waals surface area contributed by atoms with E-state index in [1.807, 2.05) is 24.4 Å². The predicted molar refractivity (Wildman–Crippen MR) is 104 cm³/mol. The van der Waals surface area contributed by atoms with Crippen LogP contribution in [0.15, 0.2) is 72.3 Å². The Hall–Kier alpha value is -3.26. The van der Waals surface area contributed by atoms with E-state index in [4.69, 9.17) is 0 Å². The van der Waals surface area contributed by atoms with E-state index in [1.165, 1.54) is 6.33 Å². The van der Waals surface area contributed by atoms with Gasteiger partial charge in [0.1, 0.15) is 11.8 Å². The van der Waals surface area contributed by atoms with Crippen LogP contribution in [0.4, 0.5) is 11.5 Å². The summed E-state index contributed by atoms with van der Waals surface area (Å²) >= 11 is 0. The Labute approximate surface area is 156 Å². The molecule has 0 aliphatic heterocycles. The highest BCUT2D eigenvalue weighted by atomic mass is 32.2. The second-order valence-corrected chi connectivity index (χ2v) is 8.23. The van der Waals surface area contributed by atoms with Crippen molar-refractivity contribution in [2.45, 2.75) is 11.8 Å². The monoisotopic (exact) mass is 379 g/mol. The molecule has 3 aromatic heterocycles. The normalized spacial score (nSPS) is 11.6. The first-order valence-corrected chi connectivity index (χ1v) is 10.1. The summed E-state index contributed by atoms with van der Waals surface area (Å²) < 4.78 is 25.7. The summed E-state index contributed by atoms with van der Waals surface area (Å²) in [5, 5.41) is 7.51. The van der Waals surface area contributed by atoms with Gasteiger partial charge in [-0.1, -0.05) is 19.1 Å². The third-order valence-electron chi connectivity index (χ3n) is 4.28. The largest absolute Gasteiger partial charge is 0.338 e. The van der Waals surface area contributed by atoms with Crippen molar-refractivity contribution in [1.29, 1.82) is 0 Å². The van der Waals surface area contributed by atoms with Crippen molar-refractivity contribution in [1.82, 2.24) is 19.6 Å². The van der Waals surface area contributed by atoms with Crippen molar-refractivity contribution in [3.8, 4) is 11.1 Å². The molecule has 7 nitrogen and oxygen atoms in total. The van der Waals surface area contributed by atoms with Crippen molar-refractivity contribution in [2.24, 2.45) is 0 Å². The lowest BCUT2D eigenvalue weighted by Gasteiger charge is -2.05. The number of nitrogens with one attached hydrogen (secondary N) is 1. The maximum atomic E-state index is 12.0. The van der Waals surface area contributed by atoms with Gasteiger partial charge in [0.15, 0.2) is 15.7 Å². The summed E-state index contributed by atoms with van der Waals surface area (Å²) in [7, 11) is -3.21. The second-order valence-electron chi connectivity index (χ2n) is 5.96. The van der Waals surface area contributed by atoms with E-state index in [-0.39, 0.29) is 5.75 Å². The van der Waals surface area contributed by atoms with Gasteiger partial charge in [0.05, 0.1) is 10.6 Å². The molecule has 0 aliphatic rings. The number of fused-ring (bicyclic) bond motifs is 1. The minimum atomic E-state index is -3.21.